The Balaban J connectivity index is 2.44. The summed E-state index contributed by atoms with van der Waals surface area (Å²) >= 11 is 0. The molecule has 4 unspecified atom stereocenters. The predicted molar refractivity (Wildman–Crippen MR) is 53.2 cm³/mol. The van der Waals surface area contributed by atoms with Gasteiger partial charge in [-0.1, -0.05) is 12.2 Å². The van der Waals surface area contributed by atoms with E-state index < -0.39 is 12.2 Å². The largest absolute Gasteiger partial charge is 0.389 e. The molecule has 0 aromatic heterocycles. The molecule has 1 rings (SSSR count). The quantitative estimate of drug-likeness (QED) is 0.647. The lowest BCUT2D eigenvalue weighted by atomic mass is 9.96. The second kappa shape index (κ2) is 4.58. The van der Waals surface area contributed by atoms with Gasteiger partial charge in [-0.15, -0.1) is 13.2 Å². The fraction of sp³-hybridized carbons (Fsp3) is 0.636. The molecule has 0 spiro atoms. The highest BCUT2D eigenvalue weighted by Crippen LogP contribution is 2.35. The molecule has 1 aliphatic rings. The summed E-state index contributed by atoms with van der Waals surface area (Å²) in [5.41, 5.74) is 0. The Morgan fingerprint density at radius 1 is 1.00 bits per heavy atom. The van der Waals surface area contributed by atoms with Crippen LogP contribution in [0.1, 0.15) is 19.3 Å². The first-order valence-corrected chi connectivity index (χ1v) is 4.80. The second-order valence-electron chi connectivity index (χ2n) is 3.79. The molecule has 13 heavy (non-hydrogen) atoms. The van der Waals surface area contributed by atoms with Crippen LogP contribution in [0, 0.1) is 11.8 Å². The minimum absolute atomic E-state index is 0.275. The maximum Gasteiger partial charge on any atom is 0.0746 e. The van der Waals surface area contributed by atoms with E-state index in [2.05, 4.69) is 13.2 Å². The van der Waals surface area contributed by atoms with Crippen LogP contribution in [0.5, 0.6) is 0 Å². The zero-order valence-corrected chi connectivity index (χ0v) is 7.89. The summed E-state index contributed by atoms with van der Waals surface area (Å²) in [6.45, 7) is 7.13. The Kier molecular flexibility index (Phi) is 3.70. The van der Waals surface area contributed by atoms with Gasteiger partial charge in [-0.3, -0.25) is 0 Å². The van der Waals surface area contributed by atoms with Crippen LogP contribution >= 0.6 is 0 Å². The van der Waals surface area contributed by atoms with Gasteiger partial charge in [0.15, 0.2) is 0 Å². The molecule has 2 heteroatoms. The highest BCUT2D eigenvalue weighted by atomic mass is 16.3. The molecule has 1 saturated carbocycles. The number of rotatable bonds is 4. The van der Waals surface area contributed by atoms with Crippen LogP contribution in [0.15, 0.2) is 25.3 Å². The number of aliphatic hydroxyl groups excluding tert-OH is 2. The number of aliphatic hydroxyl groups is 2. The van der Waals surface area contributed by atoms with E-state index in [4.69, 9.17) is 0 Å². The van der Waals surface area contributed by atoms with E-state index in [1.54, 1.807) is 12.2 Å². The number of hydrogen-bond donors (Lipinski definition) is 2. The summed E-state index contributed by atoms with van der Waals surface area (Å²) in [6.07, 6.45) is 5.15. The van der Waals surface area contributed by atoms with Crippen LogP contribution in [0.3, 0.4) is 0 Å². The molecular formula is C11H18O2. The lowest BCUT2D eigenvalue weighted by Crippen LogP contribution is -2.18. The van der Waals surface area contributed by atoms with Gasteiger partial charge >= 0.3 is 0 Å². The SMILES string of the molecule is C=CC(O)C1CCC(C(O)C=C)C1. The second-order valence-corrected chi connectivity index (χ2v) is 3.79. The minimum atomic E-state index is -0.415. The molecule has 0 aliphatic heterocycles. The summed E-state index contributed by atoms with van der Waals surface area (Å²) in [5.74, 6) is 0.550. The van der Waals surface area contributed by atoms with Gasteiger partial charge in [-0.2, -0.15) is 0 Å². The summed E-state index contributed by atoms with van der Waals surface area (Å²) < 4.78 is 0. The Bertz CT molecular complexity index is 169. The summed E-state index contributed by atoms with van der Waals surface area (Å²) in [6, 6.07) is 0. The Morgan fingerprint density at radius 3 is 1.69 bits per heavy atom. The first-order chi connectivity index (χ1) is 6.19. The molecule has 0 aromatic carbocycles. The van der Waals surface area contributed by atoms with Crippen LogP contribution < -0.4 is 0 Å². The standard InChI is InChI=1S/C11H18O2/c1-3-10(12)8-5-6-9(7-8)11(13)4-2/h3-4,8-13H,1-2,5-7H2. The van der Waals surface area contributed by atoms with E-state index >= 15 is 0 Å². The Hall–Kier alpha value is -0.600. The average molecular weight is 182 g/mol. The Morgan fingerprint density at radius 2 is 1.38 bits per heavy atom. The average Bonchev–Trinajstić information content (AvgIpc) is 2.64. The van der Waals surface area contributed by atoms with Gasteiger partial charge in [-0.05, 0) is 31.1 Å². The maximum atomic E-state index is 9.50. The molecule has 0 amide bonds. The van der Waals surface area contributed by atoms with Gasteiger partial charge in [0.1, 0.15) is 0 Å². The van der Waals surface area contributed by atoms with Crippen molar-refractivity contribution in [3.63, 3.8) is 0 Å². The van der Waals surface area contributed by atoms with E-state index in [1.165, 1.54) is 0 Å². The first-order valence-electron chi connectivity index (χ1n) is 4.80. The third kappa shape index (κ3) is 2.42. The van der Waals surface area contributed by atoms with Gasteiger partial charge in [-0.25, -0.2) is 0 Å². The van der Waals surface area contributed by atoms with E-state index in [-0.39, 0.29) is 11.8 Å². The molecule has 74 valence electrons. The minimum Gasteiger partial charge on any atom is -0.389 e. The molecule has 0 aromatic rings. The fourth-order valence-electron chi connectivity index (χ4n) is 2.06. The third-order valence-electron chi connectivity index (χ3n) is 2.96. The molecule has 4 atom stereocenters. The fourth-order valence-corrected chi connectivity index (χ4v) is 2.06. The van der Waals surface area contributed by atoms with Crippen molar-refractivity contribution < 1.29 is 10.2 Å². The van der Waals surface area contributed by atoms with Crippen molar-refractivity contribution in [1.29, 1.82) is 0 Å². The van der Waals surface area contributed by atoms with Crippen molar-refractivity contribution in [2.45, 2.75) is 31.5 Å². The molecule has 0 bridgehead atoms. The molecule has 0 heterocycles. The molecular weight excluding hydrogens is 164 g/mol. The summed E-state index contributed by atoms with van der Waals surface area (Å²) in [5, 5.41) is 19.0. The van der Waals surface area contributed by atoms with Gasteiger partial charge in [0.25, 0.3) is 0 Å². The van der Waals surface area contributed by atoms with Crippen LogP contribution in [0.4, 0.5) is 0 Å². The lowest BCUT2D eigenvalue weighted by molar-refractivity contribution is 0.129. The van der Waals surface area contributed by atoms with E-state index in [9.17, 15) is 10.2 Å². The molecule has 0 saturated heterocycles. The highest BCUT2D eigenvalue weighted by molar-refractivity contribution is 4.94. The van der Waals surface area contributed by atoms with E-state index in [0.717, 1.165) is 19.3 Å². The number of hydrogen-bond acceptors (Lipinski definition) is 2. The molecule has 2 nitrogen and oxygen atoms in total. The molecule has 1 aliphatic carbocycles. The van der Waals surface area contributed by atoms with Crippen molar-refractivity contribution in [3.05, 3.63) is 25.3 Å². The van der Waals surface area contributed by atoms with E-state index in [0.29, 0.717) is 0 Å². The van der Waals surface area contributed by atoms with Gasteiger partial charge in [0.05, 0.1) is 12.2 Å². The zero-order valence-electron chi connectivity index (χ0n) is 7.89. The van der Waals surface area contributed by atoms with Gasteiger partial charge in [0, 0.05) is 0 Å². The summed E-state index contributed by atoms with van der Waals surface area (Å²) in [7, 11) is 0. The normalized spacial score (nSPS) is 32.5. The topological polar surface area (TPSA) is 40.5 Å². The predicted octanol–water partition coefficient (Wildman–Crippen LogP) is 1.50. The van der Waals surface area contributed by atoms with Gasteiger partial charge < -0.3 is 10.2 Å². The van der Waals surface area contributed by atoms with Crippen molar-refractivity contribution >= 4 is 0 Å². The van der Waals surface area contributed by atoms with Crippen molar-refractivity contribution in [2.24, 2.45) is 11.8 Å². The van der Waals surface area contributed by atoms with Crippen molar-refractivity contribution in [3.8, 4) is 0 Å². The van der Waals surface area contributed by atoms with Crippen LogP contribution in [-0.2, 0) is 0 Å². The van der Waals surface area contributed by atoms with Crippen molar-refractivity contribution in [2.75, 3.05) is 0 Å². The third-order valence-corrected chi connectivity index (χ3v) is 2.96. The van der Waals surface area contributed by atoms with E-state index in [1.807, 2.05) is 0 Å². The molecule has 2 N–H and O–H groups in total. The lowest BCUT2D eigenvalue weighted by Gasteiger charge is -2.16. The van der Waals surface area contributed by atoms with Gasteiger partial charge in [0.2, 0.25) is 0 Å². The first kappa shape index (κ1) is 10.5. The summed E-state index contributed by atoms with van der Waals surface area (Å²) in [4.78, 5) is 0. The zero-order chi connectivity index (χ0) is 9.84. The monoisotopic (exact) mass is 182 g/mol. The van der Waals surface area contributed by atoms with Crippen LogP contribution in [-0.4, -0.2) is 22.4 Å². The Labute approximate surface area is 79.6 Å². The highest BCUT2D eigenvalue weighted by Gasteiger charge is 2.31. The van der Waals surface area contributed by atoms with Crippen LogP contribution in [0.25, 0.3) is 0 Å². The molecule has 0 radical (unpaired) electrons. The molecule has 1 fully saturated rings. The van der Waals surface area contributed by atoms with Crippen LogP contribution in [0.2, 0.25) is 0 Å². The smallest absolute Gasteiger partial charge is 0.0746 e. The maximum absolute atomic E-state index is 9.50. The van der Waals surface area contributed by atoms with Crippen molar-refractivity contribution in [1.82, 2.24) is 0 Å².